The molecule has 5 rings (SSSR count). The third-order valence-electron chi connectivity index (χ3n) is 4.11. The second-order valence-corrected chi connectivity index (χ2v) is 6.69. The highest BCUT2D eigenvalue weighted by Gasteiger charge is 2.16. The Labute approximate surface area is 149 Å². The lowest BCUT2D eigenvalue weighted by atomic mass is 10.1. The average molecular weight is 362 g/mol. The molecule has 0 unspecified atom stereocenters. The SMILES string of the molecule is O=c1[nH]c2cc(-c3ncco3)sc2c(=O)n1-c1cncc2ccccc12. The maximum atomic E-state index is 13.1. The Morgan fingerprint density at radius 1 is 1.15 bits per heavy atom. The molecule has 0 bridgehead atoms. The van der Waals surface area contributed by atoms with E-state index in [2.05, 4.69) is 15.0 Å². The van der Waals surface area contributed by atoms with Gasteiger partial charge in [-0.2, -0.15) is 0 Å². The van der Waals surface area contributed by atoms with Gasteiger partial charge in [-0.05, 0) is 6.07 Å². The predicted molar refractivity (Wildman–Crippen MR) is 98.8 cm³/mol. The van der Waals surface area contributed by atoms with E-state index < -0.39 is 11.2 Å². The first-order valence-corrected chi connectivity index (χ1v) is 8.56. The lowest BCUT2D eigenvalue weighted by Crippen LogP contribution is -2.33. The van der Waals surface area contributed by atoms with Crippen molar-refractivity contribution < 1.29 is 4.42 Å². The molecular formula is C18H10N4O3S. The number of pyridine rings is 1. The van der Waals surface area contributed by atoms with Crippen molar-refractivity contribution in [1.29, 1.82) is 0 Å². The average Bonchev–Trinajstić information content (AvgIpc) is 3.31. The number of oxazole rings is 1. The lowest BCUT2D eigenvalue weighted by Gasteiger charge is -2.07. The molecule has 1 N–H and O–H groups in total. The van der Waals surface area contributed by atoms with E-state index in [4.69, 9.17) is 4.42 Å². The zero-order valence-electron chi connectivity index (χ0n) is 13.2. The molecule has 0 saturated heterocycles. The molecule has 1 aromatic carbocycles. The van der Waals surface area contributed by atoms with Crippen molar-refractivity contribution >= 4 is 32.3 Å². The van der Waals surface area contributed by atoms with E-state index in [-0.39, 0.29) is 0 Å². The molecular weight excluding hydrogens is 352 g/mol. The van der Waals surface area contributed by atoms with Crippen LogP contribution in [0.4, 0.5) is 0 Å². The largest absolute Gasteiger partial charge is 0.444 e. The molecule has 26 heavy (non-hydrogen) atoms. The first-order chi connectivity index (χ1) is 12.7. The van der Waals surface area contributed by atoms with Gasteiger partial charge in [-0.25, -0.2) is 14.3 Å². The number of hydrogen-bond donors (Lipinski definition) is 1. The summed E-state index contributed by atoms with van der Waals surface area (Å²) in [6.45, 7) is 0. The molecule has 0 saturated carbocycles. The van der Waals surface area contributed by atoms with Gasteiger partial charge in [0.25, 0.3) is 5.56 Å². The number of benzene rings is 1. The molecule has 0 radical (unpaired) electrons. The number of aromatic amines is 1. The lowest BCUT2D eigenvalue weighted by molar-refractivity contribution is 0.576. The molecule has 7 nitrogen and oxygen atoms in total. The Morgan fingerprint density at radius 2 is 2.04 bits per heavy atom. The molecule has 0 fully saturated rings. The van der Waals surface area contributed by atoms with Crippen LogP contribution in [0.15, 0.2) is 69.2 Å². The van der Waals surface area contributed by atoms with Gasteiger partial charge in [-0.15, -0.1) is 11.3 Å². The summed E-state index contributed by atoms with van der Waals surface area (Å²) in [6.07, 6.45) is 6.21. The maximum absolute atomic E-state index is 13.1. The standard InChI is InChI=1S/C18H10N4O3S/c23-17-15-12(7-14(26-15)16-20-5-6-25-16)21-18(24)22(17)13-9-19-8-10-3-1-2-4-11(10)13/h1-9H,(H,21,24). The smallest absolute Gasteiger partial charge is 0.333 e. The molecule has 0 aliphatic carbocycles. The predicted octanol–water partition coefficient (Wildman–Crippen LogP) is 2.94. The van der Waals surface area contributed by atoms with Gasteiger partial charge in [0.05, 0.1) is 28.5 Å². The molecule has 5 aromatic rings. The molecule has 126 valence electrons. The van der Waals surface area contributed by atoms with Gasteiger partial charge in [0.1, 0.15) is 11.0 Å². The van der Waals surface area contributed by atoms with Gasteiger partial charge < -0.3 is 9.40 Å². The van der Waals surface area contributed by atoms with Gasteiger partial charge in [0.15, 0.2) is 0 Å². The van der Waals surface area contributed by atoms with Gasteiger partial charge in [-0.1, -0.05) is 24.3 Å². The quantitative estimate of drug-likeness (QED) is 0.521. The number of hydrogen-bond acceptors (Lipinski definition) is 6. The number of H-pyrrole nitrogens is 1. The molecule has 0 aliphatic rings. The van der Waals surface area contributed by atoms with Crippen molar-refractivity contribution in [2.24, 2.45) is 0 Å². The molecule has 0 aliphatic heterocycles. The van der Waals surface area contributed by atoms with Gasteiger partial charge in [0.2, 0.25) is 5.89 Å². The van der Waals surface area contributed by atoms with Crippen LogP contribution in [0, 0.1) is 0 Å². The van der Waals surface area contributed by atoms with Crippen LogP contribution in [0.5, 0.6) is 0 Å². The Bertz CT molecular complexity index is 1370. The van der Waals surface area contributed by atoms with Crippen LogP contribution in [0.3, 0.4) is 0 Å². The van der Waals surface area contributed by atoms with Crippen LogP contribution < -0.4 is 11.2 Å². The van der Waals surface area contributed by atoms with Crippen molar-refractivity contribution in [3.05, 3.63) is 76.0 Å². The normalized spacial score (nSPS) is 11.4. The fourth-order valence-electron chi connectivity index (χ4n) is 2.96. The van der Waals surface area contributed by atoms with E-state index in [9.17, 15) is 9.59 Å². The summed E-state index contributed by atoms with van der Waals surface area (Å²) in [5, 5.41) is 1.63. The molecule has 0 atom stereocenters. The summed E-state index contributed by atoms with van der Waals surface area (Å²) in [4.78, 5) is 37.4. The highest BCUT2D eigenvalue weighted by atomic mass is 32.1. The first-order valence-electron chi connectivity index (χ1n) is 7.74. The number of aromatic nitrogens is 4. The monoisotopic (exact) mass is 362 g/mol. The van der Waals surface area contributed by atoms with Crippen molar-refractivity contribution in [2.45, 2.75) is 0 Å². The number of thiophene rings is 1. The zero-order chi connectivity index (χ0) is 17.7. The van der Waals surface area contributed by atoms with Gasteiger partial charge in [0, 0.05) is 17.0 Å². The van der Waals surface area contributed by atoms with E-state index in [1.165, 1.54) is 30.0 Å². The first kappa shape index (κ1) is 14.8. The Hall–Kier alpha value is -3.52. The van der Waals surface area contributed by atoms with Crippen LogP contribution in [0.2, 0.25) is 0 Å². The van der Waals surface area contributed by atoms with Crippen LogP contribution in [-0.2, 0) is 0 Å². The third kappa shape index (κ3) is 2.12. The second-order valence-electron chi connectivity index (χ2n) is 5.64. The minimum Gasteiger partial charge on any atom is -0.444 e. The zero-order valence-corrected chi connectivity index (χ0v) is 14.0. The number of nitrogens with zero attached hydrogens (tertiary/aromatic N) is 3. The number of nitrogens with one attached hydrogen (secondary N) is 1. The van der Waals surface area contributed by atoms with Crippen LogP contribution in [-0.4, -0.2) is 19.5 Å². The molecule has 4 aromatic heterocycles. The van der Waals surface area contributed by atoms with Crippen molar-refractivity contribution in [3.8, 4) is 16.5 Å². The Morgan fingerprint density at radius 3 is 2.88 bits per heavy atom. The van der Waals surface area contributed by atoms with Crippen LogP contribution in [0.1, 0.15) is 0 Å². The van der Waals surface area contributed by atoms with E-state index in [0.717, 1.165) is 15.3 Å². The molecule has 4 heterocycles. The summed E-state index contributed by atoms with van der Waals surface area (Å²) in [6, 6.07) is 9.17. The Kier molecular flexibility index (Phi) is 3.13. The van der Waals surface area contributed by atoms with Gasteiger partial charge in [-0.3, -0.25) is 9.78 Å². The van der Waals surface area contributed by atoms with Crippen molar-refractivity contribution in [3.63, 3.8) is 0 Å². The summed E-state index contributed by atoms with van der Waals surface area (Å²) >= 11 is 1.22. The van der Waals surface area contributed by atoms with Crippen LogP contribution >= 0.6 is 11.3 Å². The summed E-state index contributed by atoms with van der Waals surface area (Å²) < 4.78 is 6.82. The fraction of sp³-hybridized carbons (Fsp3) is 0. The third-order valence-corrected chi connectivity index (χ3v) is 5.22. The minimum atomic E-state index is -0.516. The maximum Gasteiger partial charge on any atom is 0.333 e. The fourth-order valence-corrected chi connectivity index (χ4v) is 3.94. The van der Waals surface area contributed by atoms with E-state index >= 15 is 0 Å². The van der Waals surface area contributed by atoms with E-state index in [0.29, 0.717) is 26.7 Å². The van der Waals surface area contributed by atoms with E-state index in [1.54, 1.807) is 12.3 Å². The van der Waals surface area contributed by atoms with E-state index in [1.807, 2.05) is 24.3 Å². The highest BCUT2D eigenvalue weighted by Crippen LogP contribution is 2.29. The summed E-state index contributed by atoms with van der Waals surface area (Å²) in [7, 11) is 0. The Balaban J connectivity index is 1.84. The topological polar surface area (TPSA) is 93.8 Å². The minimum absolute atomic E-state index is 0.398. The van der Waals surface area contributed by atoms with Crippen LogP contribution in [0.25, 0.3) is 37.4 Å². The highest BCUT2D eigenvalue weighted by molar-refractivity contribution is 7.22. The molecule has 0 amide bonds. The summed E-state index contributed by atoms with van der Waals surface area (Å²) in [5.41, 5.74) is -0.00733. The summed E-state index contributed by atoms with van der Waals surface area (Å²) in [5.74, 6) is 0.407. The number of rotatable bonds is 2. The van der Waals surface area contributed by atoms with Crippen molar-refractivity contribution in [1.82, 2.24) is 19.5 Å². The van der Waals surface area contributed by atoms with Crippen molar-refractivity contribution in [2.75, 3.05) is 0 Å². The molecule has 8 heteroatoms. The second kappa shape index (κ2) is 5.50. The molecule has 0 spiro atoms. The number of fused-ring (bicyclic) bond motifs is 2. The van der Waals surface area contributed by atoms with Gasteiger partial charge >= 0.3 is 5.69 Å².